The molecule has 1 unspecified atom stereocenters. The Morgan fingerprint density at radius 1 is 1.07 bits per heavy atom. The van der Waals surface area contributed by atoms with Gasteiger partial charge < -0.3 is 4.74 Å². The van der Waals surface area contributed by atoms with E-state index in [4.69, 9.17) is 16.3 Å². The number of ketones is 1. The minimum absolute atomic E-state index is 0.0263. The van der Waals surface area contributed by atoms with E-state index >= 15 is 0 Å². The molecule has 2 aromatic rings. The largest absolute Gasteiger partial charge is 0.497 e. The summed E-state index contributed by atoms with van der Waals surface area (Å²) in [4.78, 5) is 27.7. The number of anilines is 1. The average molecular weight is 382 g/mol. The summed E-state index contributed by atoms with van der Waals surface area (Å²) in [6.45, 7) is 0. The van der Waals surface area contributed by atoms with Gasteiger partial charge in [-0.25, -0.2) is 0 Å². The van der Waals surface area contributed by atoms with E-state index in [1.165, 1.54) is 0 Å². The Kier molecular flexibility index (Phi) is 4.75. The molecule has 0 radical (unpaired) electrons. The minimum Gasteiger partial charge on any atom is -0.497 e. The Balaban J connectivity index is 1.87. The fraction of sp³-hybridized carbons (Fsp3) is 0.273. The van der Waals surface area contributed by atoms with E-state index in [9.17, 15) is 9.59 Å². The lowest BCUT2D eigenvalue weighted by Crippen LogP contribution is -2.40. The number of hydrogen-bond donors (Lipinski definition) is 0. The summed E-state index contributed by atoms with van der Waals surface area (Å²) in [7, 11) is 1.60. The number of methoxy groups -OCH3 is 1. The molecule has 0 spiro atoms. The molecule has 0 bridgehead atoms. The van der Waals surface area contributed by atoms with E-state index in [1.54, 1.807) is 12.0 Å². The molecule has 2 aromatic carbocycles. The first-order chi connectivity index (χ1) is 13.1. The quantitative estimate of drug-likeness (QED) is 0.761. The Labute approximate surface area is 163 Å². The first-order valence-corrected chi connectivity index (χ1v) is 9.45. The second kappa shape index (κ2) is 7.20. The predicted octanol–water partition coefficient (Wildman–Crippen LogP) is 4.88. The summed E-state index contributed by atoms with van der Waals surface area (Å²) in [6.07, 6.45) is 2.19. The van der Waals surface area contributed by atoms with Gasteiger partial charge in [-0.15, -0.1) is 0 Å². The van der Waals surface area contributed by atoms with Gasteiger partial charge in [0.2, 0.25) is 5.91 Å². The zero-order chi connectivity index (χ0) is 19.0. The SMILES string of the molecule is COc1cccc(N2C(=O)CC(c3ccccc3Cl)C3=C2CCCC3=O)c1. The van der Waals surface area contributed by atoms with Gasteiger partial charge in [-0.3, -0.25) is 14.5 Å². The summed E-state index contributed by atoms with van der Waals surface area (Å²) in [5, 5.41) is 0.593. The van der Waals surface area contributed by atoms with Crippen LogP contribution in [-0.2, 0) is 9.59 Å². The molecule has 5 heteroatoms. The number of carbonyl (C=O) groups is 2. The normalized spacial score (nSPS) is 19.9. The summed E-state index contributed by atoms with van der Waals surface area (Å²) in [5.74, 6) is 0.483. The van der Waals surface area contributed by atoms with E-state index in [1.807, 2.05) is 48.5 Å². The number of nitrogens with zero attached hydrogens (tertiary/aromatic N) is 1. The van der Waals surface area contributed by atoms with Crippen LogP contribution in [0.1, 0.15) is 37.2 Å². The highest BCUT2D eigenvalue weighted by molar-refractivity contribution is 6.31. The average Bonchev–Trinajstić information content (AvgIpc) is 2.68. The Morgan fingerprint density at radius 3 is 2.67 bits per heavy atom. The first kappa shape index (κ1) is 17.8. The van der Waals surface area contributed by atoms with Crippen LogP contribution < -0.4 is 9.64 Å². The molecule has 0 fully saturated rings. The van der Waals surface area contributed by atoms with Crippen LogP contribution in [0.4, 0.5) is 5.69 Å². The maximum atomic E-state index is 13.1. The standard InChI is InChI=1S/C22H20ClNO3/c1-27-15-7-4-6-14(12-15)24-19-10-5-11-20(25)22(19)17(13-21(24)26)16-8-2-3-9-18(16)23/h2-4,6-9,12,17H,5,10-11,13H2,1H3. The Bertz CT molecular complexity index is 950. The number of halogens is 1. The highest BCUT2D eigenvalue weighted by Gasteiger charge is 2.40. The number of Topliss-reactive ketones (excluding diaryl/α,β-unsaturated/α-hetero) is 1. The molecule has 0 saturated carbocycles. The van der Waals surface area contributed by atoms with Crippen molar-refractivity contribution in [1.29, 1.82) is 0 Å². The lowest BCUT2D eigenvalue weighted by atomic mass is 9.77. The van der Waals surface area contributed by atoms with Crippen LogP contribution in [0.25, 0.3) is 0 Å². The second-order valence-electron chi connectivity index (χ2n) is 6.85. The molecule has 1 amide bonds. The van der Waals surface area contributed by atoms with Crippen LogP contribution in [0.2, 0.25) is 5.02 Å². The van der Waals surface area contributed by atoms with Crippen molar-refractivity contribution >= 4 is 29.0 Å². The molecule has 0 aromatic heterocycles. The monoisotopic (exact) mass is 381 g/mol. The molecule has 4 rings (SSSR count). The number of amides is 1. The number of allylic oxidation sites excluding steroid dienone is 2. The van der Waals surface area contributed by atoms with Crippen molar-refractivity contribution in [3.05, 3.63) is 70.4 Å². The van der Waals surface area contributed by atoms with Gasteiger partial charge in [0.15, 0.2) is 5.78 Å². The second-order valence-corrected chi connectivity index (χ2v) is 7.25. The Hall–Kier alpha value is -2.59. The molecule has 1 aliphatic carbocycles. The van der Waals surface area contributed by atoms with Gasteiger partial charge in [0, 0.05) is 41.1 Å². The van der Waals surface area contributed by atoms with Gasteiger partial charge in [0.25, 0.3) is 0 Å². The number of benzene rings is 2. The van der Waals surface area contributed by atoms with Crippen LogP contribution in [0.5, 0.6) is 5.75 Å². The summed E-state index contributed by atoms with van der Waals surface area (Å²) in [6, 6.07) is 14.9. The maximum absolute atomic E-state index is 13.1. The third-order valence-corrected chi connectivity index (χ3v) is 5.61. The molecule has 1 heterocycles. The lowest BCUT2D eigenvalue weighted by molar-refractivity contribution is -0.119. The fourth-order valence-corrected chi connectivity index (χ4v) is 4.33. The molecule has 138 valence electrons. The van der Waals surface area contributed by atoms with Crippen molar-refractivity contribution in [3.63, 3.8) is 0 Å². The number of carbonyl (C=O) groups excluding carboxylic acids is 2. The molecule has 4 nitrogen and oxygen atoms in total. The van der Waals surface area contributed by atoms with Crippen molar-refractivity contribution in [1.82, 2.24) is 0 Å². The fourth-order valence-electron chi connectivity index (χ4n) is 4.07. The van der Waals surface area contributed by atoms with Crippen LogP contribution in [0.15, 0.2) is 59.8 Å². The van der Waals surface area contributed by atoms with E-state index in [0.29, 0.717) is 23.6 Å². The third-order valence-electron chi connectivity index (χ3n) is 5.27. The molecule has 27 heavy (non-hydrogen) atoms. The topological polar surface area (TPSA) is 46.6 Å². The van der Waals surface area contributed by atoms with E-state index in [0.717, 1.165) is 28.9 Å². The minimum atomic E-state index is -0.282. The molecule has 2 aliphatic rings. The lowest BCUT2D eigenvalue weighted by Gasteiger charge is -2.38. The first-order valence-electron chi connectivity index (χ1n) is 9.08. The van der Waals surface area contributed by atoms with Crippen molar-refractivity contribution < 1.29 is 14.3 Å². The van der Waals surface area contributed by atoms with E-state index < -0.39 is 0 Å². The van der Waals surface area contributed by atoms with Crippen molar-refractivity contribution in [2.45, 2.75) is 31.6 Å². The van der Waals surface area contributed by atoms with Gasteiger partial charge in [-0.1, -0.05) is 35.9 Å². The van der Waals surface area contributed by atoms with Crippen molar-refractivity contribution in [2.24, 2.45) is 0 Å². The van der Waals surface area contributed by atoms with Crippen LogP contribution >= 0.6 is 11.6 Å². The molecule has 0 saturated heterocycles. The smallest absolute Gasteiger partial charge is 0.232 e. The third kappa shape index (κ3) is 3.15. The van der Waals surface area contributed by atoms with Gasteiger partial charge in [-0.2, -0.15) is 0 Å². The number of hydrogen-bond acceptors (Lipinski definition) is 3. The van der Waals surface area contributed by atoms with E-state index in [-0.39, 0.29) is 24.0 Å². The zero-order valence-corrected chi connectivity index (χ0v) is 15.8. The van der Waals surface area contributed by atoms with Crippen LogP contribution in [-0.4, -0.2) is 18.8 Å². The van der Waals surface area contributed by atoms with Crippen molar-refractivity contribution in [2.75, 3.05) is 12.0 Å². The predicted molar refractivity (Wildman–Crippen MR) is 105 cm³/mol. The summed E-state index contributed by atoms with van der Waals surface area (Å²) < 4.78 is 5.31. The van der Waals surface area contributed by atoms with Crippen LogP contribution in [0, 0.1) is 0 Å². The molecular weight excluding hydrogens is 362 g/mol. The molecule has 1 atom stereocenters. The van der Waals surface area contributed by atoms with Gasteiger partial charge in [0.1, 0.15) is 5.75 Å². The van der Waals surface area contributed by atoms with Gasteiger partial charge in [0.05, 0.1) is 12.8 Å². The number of rotatable bonds is 3. The van der Waals surface area contributed by atoms with E-state index in [2.05, 4.69) is 0 Å². The van der Waals surface area contributed by atoms with Gasteiger partial charge in [-0.05, 0) is 36.6 Å². The summed E-state index contributed by atoms with van der Waals surface area (Å²) >= 11 is 6.40. The van der Waals surface area contributed by atoms with Crippen LogP contribution in [0.3, 0.4) is 0 Å². The molecular formula is C22H20ClNO3. The van der Waals surface area contributed by atoms with Crippen molar-refractivity contribution in [3.8, 4) is 5.75 Å². The molecule has 1 aliphatic heterocycles. The number of ether oxygens (including phenoxy) is 1. The summed E-state index contributed by atoms with van der Waals surface area (Å²) in [5.41, 5.74) is 3.12. The maximum Gasteiger partial charge on any atom is 0.232 e. The highest BCUT2D eigenvalue weighted by Crippen LogP contribution is 2.45. The molecule has 0 N–H and O–H groups in total. The highest BCUT2D eigenvalue weighted by atomic mass is 35.5. The Morgan fingerprint density at radius 2 is 1.89 bits per heavy atom. The zero-order valence-electron chi connectivity index (χ0n) is 15.1. The van der Waals surface area contributed by atoms with Gasteiger partial charge >= 0.3 is 0 Å².